The maximum Gasteiger partial charge on any atom is 0.357 e. The van der Waals surface area contributed by atoms with E-state index in [9.17, 15) is 9.90 Å². The van der Waals surface area contributed by atoms with Gasteiger partial charge in [-0.15, -0.1) is 0 Å². The number of nitrogens with one attached hydrogen (secondary N) is 1. The van der Waals surface area contributed by atoms with Crippen LogP contribution in [0.5, 0.6) is 0 Å². The highest BCUT2D eigenvalue weighted by molar-refractivity contribution is 5.85. The number of rotatable bonds is 5. The lowest BCUT2D eigenvalue weighted by Crippen LogP contribution is -2.21. The second kappa shape index (κ2) is 3.90. The zero-order chi connectivity index (χ0) is 10.8. The molecular formula is C9H12N2O4. The molecule has 1 fully saturated rings. The number of carboxylic acids is 1. The molecule has 1 aliphatic rings. The largest absolute Gasteiger partial charge is 0.476 e. The molecule has 15 heavy (non-hydrogen) atoms. The van der Waals surface area contributed by atoms with Gasteiger partial charge in [-0.05, 0) is 18.8 Å². The van der Waals surface area contributed by atoms with Gasteiger partial charge in [-0.3, -0.25) is 0 Å². The molecule has 1 atom stereocenters. The Kier molecular flexibility index (Phi) is 2.59. The Balaban J connectivity index is 1.84. The fourth-order valence-electron chi connectivity index (χ4n) is 1.29. The summed E-state index contributed by atoms with van der Waals surface area (Å²) in [5, 5.41) is 20.8. The molecule has 1 unspecified atom stereocenters. The lowest BCUT2D eigenvalue weighted by Gasteiger charge is -2.08. The zero-order valence-corrected chi connectivity index (χ0v) is 8.01. The molecule has 0 saturated heterocycles. The van der Waals surface area contributed by atoms with E-state index in [1.165, 1.54) is 0 Å². The van der Waals surface area contributed by atoms with Crippen LogP contribution in [0.25, 0.3) is 0 Å². The van der Waals surface area contributed by atoms with Crippen LogP contribution in [0.1, 0.15) is 23.3 Å². The number of aromatic nitrogens is 1. The van der Waals surface area contributed by atoms with E-state index in [1.807, 2.05) is 0 Å². The van der Waals surface area contributed by atoms with Gasteiger partial charge in [0.15, 0.2) is 5.69 Å². The van der Waals surface area contributed by atoms with Crippen molar-refractivity contribution in [1.29, 1.82) is 0 Å². The topological polar surface area (TPSA) is 95.6 Å². The smallest absolute Gasteiger partial charge is 0.357 e. The molecule has 0 aliphatic heterocycles. The fourth-order valence-corrected chi connectivity index (χ4v) is 1.29. The number of aromatic carboxylic acids is 1. The Bertz CT molecular complexity index is 359. The number of hydrogen-bond donors (Lipinski definition) is 3. The molecule has 1 saturated carbocycles. The van der Waals surface area contributed by atoms with Crippen molar-refractivity contribution in [3.63, 3.8) is 0 Å². The Labute approximate surface area is 85.9 Å². The van der Waals surface area contributed by atoms with Crippen molar-refractivity contribution < 1.29 is 19.4 Å². The van der Waals surface area contributed by atoms with Crippen LogP contribution in [0.4, 0.5) is 6.01 Å². The summed E-state index contributed by atoms with van der Waals surface area (Å²) in [6.07, 6.45) is 2.75. The van der Waals surface area contributed by atoms with Crippen LogP contribution >= 0.6 is 0 Å². The highest BCUT2D eigenvalue weighted by atomic mass is 16.4. The molecule has 0 aromatic carbocycles. The molecule has 0 bridgehead atoms. The highest BCUT2D eigenvalue weighted by Gasteiger charge is 2.29. The van der Waals surface area contributed by atoms with Crippen LogP contribution in [0, 0.1) is 5.92 Å². The lowest BCUT2D eigenvalue weighted by molar-refractivity contribution is 0.0690. The summed E-state index contributed by atoms with van der Waals surface area (Å²) in [4.78, 5) is 14.1. The number of anilines is 1. The van der Waals surface area contributed by atoms with E-state index in [2.05, 4.69) is 10.3 Å². The van der Waals surface area contributed by atoms with Crippen LogP contribution in [-0.4, -0.2) is 33.8 Å². The van der Waals surface area contributed by atoms with E-state index in [-0.39, 0.29) is 11.7 Å². The molecule has 1 aromatic rings. The Morgan fingerprint density at radius 2 is 2.47 bits per heavy atom. The molecule has 6 heteroatoms. The van der Waals surface area contributed by atoms with E-state index in [0.29, 0.717) is 12.5 Å². The first-order chi connectivity index (χ1) is 7.16. The Morgan fingerprint density at radius 3 is 3.00 bits per heavy atom. The minimum absolute atomic E-state index is 0.132. The van der Waals surface area contributed by atoms with Gasteiger partial charge in [-0.2, -0.15) is 4.98 Å². The van der Waals surface area contributed by atoms with Gasteiger partial charge >= 0.3 is 5.97 Å². The second-order valence-electron chi connectivity index (χ2n) is 3.63. The first-order valence-electron chi connectivity index (χ1n) is 4.77. The standard InChI is InChI=1S/C9H12N2O4/c12-7(5-1-2-5)3-10-9-11-6(4-15-9)8(13)14/h4-5,7,12H,1-3H2,(H,10,11)(H,13,14). The van der Waals surface area contributed by atoms with Gasteiger partial charge in [-0.25, -0.2) is 4.79 Å². The van der Waals surface area contributed by atoms with Crippen molar-refractivity contribution in [1.82, 2.24) is 4.98 Å². The lowest BCUT2D eigenvalue weighted by atomic mass is 10.2. The zero-order valence-electron chi connectivity index (χ0n) is 8.01. The molecule has 0 amide bonds. The number of oxazole rings is 1. The van der Waals surface area contributed by atoms with E-state index < -0.39 is 12.1 Å². The number of aliphatic hydroxyl groups excluding tert-OH is 1. The Hall–Kier alpha value is -1.56. The number of aliphatic hydroxyl groups is 1. The molecular weight excluding hydrogens is 200 g/mol. The first-order valence-corrected chi connectivity index (χ1v) is 4.77. The molecule has 1 aromatic heterocycles. The molecule has 6 nitrogen and oxygen atoms in total. The average molecular weight is 212 g/mol. The van der Waals surface area contributed by atoms with Crippen LogP contribution in [0.3, 0.4) is 0 Å². The van der Waals surface area contributed by atoms with Gasteiger partial charge in [0.05, 0.1) is 6.10 Å². The van der Waals surface area contributed by atoms with Crippen molar-refractivity contribution in [2.45, 2.75) is 18.9 Å². The monoisotopic (exact) mass is 212 g/mol. The molecule has 2 rings (SSSR count). The van der Waals surface area contributed by atoms with Crippen LogP contribution in [0.2, 0.25) is 0 Å². The minimum Gasteiger partial charge on any atom is -0.476 e. The normalized spacial score (nSPS) is 17.4. The van der Waals surface area contributed by atoms with Crippen molar-refractivity contribution >= 4 is 12.0 Å². The van der Waals surface area contributed by atoms with Gasteiger partial charge in [0, 0.05) is 6.54 Å². The van der Waals surface area contributed by atoms with Crippen LogP contribution in [-0.2, 0) is 0 Å². The predicted molar refractivity (Wildman–Crippen MR) is 50.7 cm³/mol. The fraction of sp³-hybridized carbons (Fsp3) is 0.556. The first kappa shape index (κ1) is 9.97. The summed E-state index contributed by atoms with van der Waals surface area (Å²) >= 11 is 0. The van der Waals surface area contributed by atoms with E-state index in [0.717, 1.165) is 19.1 Å². The van der Waals surface area contributed by atoms with E-state index in [1.54, 1.807) is 0 Å². The third-order valence-electron chi connectivity index (χ3n) is 2.35. The van der Waals surface area contributed by atoms with Crippen molar-refractivity contribution in [3.8, 4) is 0 Å². The van der Waals surface area contributed by atoms with Crippen molar-refractivity contribution in [2.75, 3.05) is 11.9 Å². The van der Waals surface area contributed by atoms with E-state index >= 15 is 0 Å². The van der Waals surface area contributed by atoms with Crippen molar-refractivity contribution in [3.05, 3.63) is 12.0 Å². The molecule has 0 spiro atoms. The predicted octanol–water partition coefficient (Wildman–Crippen LogP) is 0.556. The summed E-state index contributed by atoms with van der Waals surface area (Å²) in [6, 6.07) is 0.132. The molecule has 82 valence electrons. The second-order valence-corrected chi connectivity index (χ2v) is 3.63. The van der Waals surface area contributed by atoms with Gasteiger partial charge in [0.2, 0.25) is 0 Å². The average Bonchev–Trinajstić information content (AvgIpc) is 2.93. The van der Waals surface area contributed by atoms with E-state index in [4.69, 9.17) is 9.52 Å². The number of carboxylic acid groups (broad SMARTS) is 1. The number of carbonyl (C=O) groups is 1. The molecule has 3 N–H and O–H groups in total. The maximum absolute atomic E-state index is 10.5. The highest BCUT2D eigenvalue weighted by Crippen LogP contribution is 2.32. The summed E-state index contributed by atoms with van der Waals surface area (Å²) in [6.45, 7) is 0.338. The molecule has 1 heterocycles. The Morgan fingerprint density at radius 1 is 1.73 bits per heavy atom. The SMILES string of the molecule is O=C(O)c1coc(NCC(O)C2CC2)n1. The third kappa shape index (κ3) is 2.47. The summed E-state index contributed by atoms with van der Waals surface area (Å²) < 4.78 is 4.86. The molecule has 1 aliphatic carbocycles. The van der Waals surface area contributed by atoms with Gasteiger partial charge in [0.1, 0.15) is 6.26 Å². The quantitative estimate of drug-likeness (QED) is 0.659. The molecule has 0 radical (unpaired) electrons. The number of hydrogen-bond acceptors (Lipinski definition) is 5. The van der Waals surface area contributed by atoms with Crippen LogP contribution in [0.15, 0.2) is 10.7 Å². The minimum atomic E-state index is -1.13. The van der Waals surface area contributed by atoms with Gasteiger partial charge in [-0.1, -0.05) is 0 Å². The van der Waals surface area contributed by atoms with Crippen LogP contribution < -0.4 is 5.32 Å². The number of nitrogens with zero attached hydrogens (tertiary/aromatic N) is 1. The van der Waals surface area contributed by atoms with Gasteiger partial charge < -0.3 is 19.9 Å². The maximum atomic E-state index is 10.5. The van der Waals surface area contributed by atoms with Crippen molar-refractivity contribution in [2.24, 2.45) is 5.92 Å². The summed E-state index contributed by atoms with van der Waals surface area (Å²) in [5.41, 5.74) is -0.140. The summed E-state index contributed by atoms with van der Waals surface area (Å²) in [7, 11) is 0. The third-order valence-corrected chi connectivity index (χ3v) is 2.35. The van der Waals surface area contributed by atoms with Gasteiger partial charge in [0.25, 0.3) is 6.01 Å². The summed E-state index contributed by atoms with van der Waals surface area (Å²) in [5.74, 6) is -0.763.